The van der Waals surface area contributed by atoms with E-state index < -0.39 is 38.3 Å². The van der Waals surface area contributed by atoms with Gasteiger partial charge in [-0.25, -0.2) is 8.42 Å². The fraction of sp³-hybridized carbons (Fsp3) is 0.737. The molecule has 1 N–H and O–H groups in total. The van der Waals surface area contributed by atoms with Crippen molar-refractivity contribution in [3.63, 3.8) is 0 Å². The number of ether oxygens (including phenoxy) is 4. The zero-order valence-corrected chi connectivity index (χ0v) is 32.2. The van der Waals surface area contributed by atoms with Crippen molar-refractivity contribution in [2.45, 2.75) is 133 Å². The Morgan fingerprint density at radius 1 is 1.00 bits per heavy atom. The van der Waals surface area contributed by atoms with E-state index in [4.69, 9.17) is 23.1 Å². The Balaban J connectivity index is 1.37. The lowest BCUT2D eigenvalue weighted by Gasteiger charge is -2.28. The van der Waals surface area contributed by atoms with Gasteiger partial charge in [-0.15, -0.1) is 0 Å². The number of aliphatic hydroxyl groups is 1. The predicted molar refractivity (Wildman–Crippen MR) is 194 cm³/mol. The fourth-order valence-electron chi connectivity index (χ4n) is 7.54. The van der Waals surface area contributed by atoms with Crippen LogP contribution in [0.5, 0.6) is 0 Å². The lowest BCUT2D eigenvalue weighted by Crippen LogP contribution is -2.32. The summed E-state index contributed by atoms with van der Waals surface area (Å²) in [7, 11) is -7.34. The summed E-state index contributed by atoms with van der Waals surface area (Å²) in [5, 5.41) is 11.5. The first-order valence-electron chi connectivity index (χ1n) is 18.3. The molecule has 1 unspecified atom stereocenters. The quantitative estimate of drug-likeness (QED) is 0.121. The van der Waals surface area contributed by atoms with Crippen LogP contribution in [0.2, 0.25) is 0 Å². The van der Waals surface area contributed by atoms with Crippen molar-refractivity contribution in [2.75, 3.05) is 25.2 Å². The minimum atomic E-state index is -3.75. The Morgan fingerprint density at radius 2 is 1.68 bits per heavy atom. The molecule has 0 amide bonds. The van der Waals surface area contributed by atoms with E-state index in [1.165, 1.54) is 0 Å². The number of benzene rings is 1. The largest absolute Gasteiger partial charge is 0.389 e. The van der Waals surface area contributed by atoms with E-state index in [2.05, 4.69) is 33.9 Å². The third-order valence-corrected chi connectivity index (χ3v) is 13.3. The molecule has 0 radical (unpaired) electrons. The zero-order valence-electron chi connectivity index (χ0n) is 30.6. The highest BCUT2D eigenvalue weighted by Crippen LogP contribution is 2.41. The summed E-state index contributed by atoms with van der Waals surface area (Å²) in [6, 6.07) is 8.46. The average Bonchev–Trinajstić information content (AvgIpc) is 3.78. The van der Waals surface area contributed by atoms with Crippen molar-refractivity contribution in [1.82, 2.24) is 0 Å². The standard InChI is InChI=1S/C38H60O10S2/c1-8-25(2)20-36-29(6)33(24-50(42,43)32-12-10-9-11-13-32)37(47-36)23-34(39)28(5)26(3)21-31(48-49(7,40)41)14-16-35-27(4)22-30(46-35)15-17-38-44-18-19-45-38/h9-13,25-26,29-31,33-39H,4-5,8,14-24H2,1-3,6-7H3/t25-,26+,29+,30+,31-,33-,34+,35?,36-,37+/m1/s1. The molecule has 0 saturated carbocycles. The summed E-state index contributed by atoms with van der Waals surface area (Å²) < 4.78 is 80.9. The first-order valence-corrected chi connectivity index (χ1v) is 21.8. The molecule has 3 heterocycles. The Hall–Kier alpha value is -1.64. The van der Waals surface area contributed by atoms with Crippen LogP contribution < -0.4 is 0 Å². The molecular formula is C38H60O10S2. The van der Waals surface area contributed by atoms with Gasteiger partial charge < -0.3 is 24.1 Å². The lowest BCUT2D eigenvalue weighted by atomic mass is 9.83. The predicted octanol–water partition coefficient (Wildman–Crippen LogP) is 6.24. The van der Waals surface area contributed by atoms with Crippen LogP contribution in [0.4, 0.5) is 0 Å². The molecule has 1 aromatic rings. The Kier molecular flexibility index (Phi) is 15.1. The monoisotopic (exact) mass is 740 g/mol. The highest BCUT2D eigenvalue weighted by atomic mass is 32.2. The topological polar surface area (TPSA) is 135 Å². The summed E-state index contributed by atoms with van der Waals surface area (Å²) >= 11 is 0. The number of aliphatic hydroxyl groups excluding tert-OH is 1. The van der Waals surface area contributed by atoms with E-state index in [0.29, 0.717) is 44.0 Å². The van der Waals surface area contributed by atoms with Gasteiger partial charge in [-0.2, -0.15) is 8.42 Å². The molecule has 50 heavy (non-hydrogen) atoms. The molecule has 0 bridgehead atoms. The lowest BCUT2D eigenvalue weighted by molar-refractivity contribution is -0.0588. The van der Waals surface area contributed by atoms with E-state index in [1.54, 1.807) is 30.3 Å². The van der Waals surface area contributed by atoms with Crippen LogP contribution in [0.1, 0.15) is 85.5 Å². The maximum atomic E-state index is 13.5. The van der Waals surface area contributed by atoms with Crippen molar-refractivity contribution >= 4 is 20.0 Å². The van der Waals surface area contributed by atoms with E-state index in [-0.39, 0.29) is 59.4 Å². The van der Waals surface area contributed by atoms with E-state index in [9.17, 15) is 21.9 Å². The third-order valence-electron chi connectivity index (χ3n) is 10.8. The summed E-state index contributed by atoms with van der Waals surface area (Å²) in [6.07, 6.45) is 4.03. The molecule has 1 aromatic carbocycles. The average molecular weight is 741 g/mol. The molecule has 3 saturated heterocycles. The van der Waals surface area contributed by atoms with Crippen LogP contribution in [-0.4, -0.2) is 90.1 Å². The first kappa shape index (κ1) is 41.1. The second-order valence-corrected chi connectivity index (χ2v) is 18.5. The van der Waals surface area contributed by atoms with Gasteiger partial charge in [-0.1, -0.05) is 65.5 Å². The number of hydrogen-bond donors (Lipinski definition) is 1. The van der Waals surface area contributed by atoms with Crippen molar-refractivity contribution < 1.29 is 45.1 Å². The molecule has 284 valence electrons. The number of sulfone groups is 1. The second-order valence-electron chi connectivity index (χ2n) is 14.9. The van der Waals surface area contributed by atoms with E-state index in [1.807, 2.05) is 6.92 Å². The van der Waals surface area contributed by atoms with Gasteiger partial charge in [0.2, 0.25) is 0 Å². The summed E-state index contributed by atoms with van der Waals surface area (Å²) in [5.74, 6) is -0.275. The van der Waals surface area contributed by atoms with Crippen LogP contribution in [0.25, 0.3) is 0 Å². The molecule has 0 aromatic heterocycles. The van der Waals surface area contributed by atoms with Gasteiger partial charge in [0.1, 0.15) is 0 Å². The molecule has 10 atom stereocenters. The molecule has 4 rings (SSSR count). The molecule has 0 spiro atoms. The third kappa shape index (κ3) is 11.9. The van der Waals surface area contributed by atoms with Crippen LogP contribution >= 0.6 is 0 Å². The van der Waals surface area contributed by atoms with Gasteiger partial charge in [0.05, 0.1) is 66.7 Å². The summed E-state index contributed by atoms with van der Waals surface area (Å²) in [6.45, 7) is 17.9. The van der Waals surface area contributed by atoms with Gasteiger partial charge >= 0.3 is 0 Å². The Labute approximate surface area is 301 Å². The van der Waals surface area contributed by atoms with Crippen molar-refractivity contribution in [3.05, 3.63) is 54.6 Å². The first-order chi connectivity index (χ1) is 23.6. The normalized spacial score (nSPS) is 28.9. The number of hydrogen-bond acceptors (Lipinski definition) is 10. The molecule has 12 heteroatoms. The van der Waals surface area contributed by atoms with E-state index >= 15 is 0 Å². The highest BCUT2D eigenvalue weighted by molar-refractivity contribution is 7.91. The van der Waals surface area contributed by atoms with Gasteiger partial charge in [-0.05, 0) is 79.6 Å². The maximum Gasteiger partial charge on any atom is 0.264 e. The van der Waals surface area contributed by atoms with Crippen LogP contribution in [-0.2, 0) is 43.1 Å². The minimum absolute atomic E-state index is 0.0141. The van der Waals surface area contributed by atoms with Crippen molar-refractivity contribution in [2.24, 2.45) is 23.7 Å². The van der Waals surface area contributed by atoms with Gasteiger partial charge in [0.25, 0.3) is 10.1 Å². The second kappa shape index (κ2) is 18.4. The smallest absolute Gasteiger partial charge is 0.264 e. The summed E-state index contributed by atoms with van der Waals surface area (Å²) in [4.78, 5) is 0.280. The zero-order chi connectivity index (χ0) is 36.6. The molecule has 3 aliphatic heterocycles. The Bertz CT molecular complexity index is 1460. The molecule has 3 fully saturated rings. The molecule has 3 aliphatic rings. The van der Waals surface area contributed by atoms with Crippen LogP contribution in [0.15, 0.2) is 59.5 Å². The highest BCUT2D eigenvalue weighted by Gasteiger charge is 2.45. The van der Waals surface area contributed by atoms with Crippen molar-refractivity contribution in [1.29, 1.82) is 0 Å². The van der Waals surface area contributed by atoms with Crippen LogP contribution in [0, 0.1) is 23.7 Å². The molecule has 10 nitrogen and oxygen atoms in total. The fourth-order valence-corrected chi connectivity index (χ4v) is 10.00. The van der Waals surface area contributed by atoms with E-state index in [0.717, 1.165) is 43.9 Å². The molecular weight excluding hydrogens is 681 g/mol. The maximum absolute atomic E-state index is 13.5. The minimum Gasteiger partial charge on any atom is -0.389 e. The number of rotatable bonds is 20. The van der Waals surface area contributed by atoms with Crippen molar-refractivity contribution in [3.8, 4) is 0 Å². The Morgan fingerprint density at radius 3 is 2.32 bits per heavy atom. The van der Waals surface area contributed by atoms with Gasteiger partial charge in [-0.3, -0.25) is 4.18 Å². The van der Waals surface area contributed by atoms with Crippen LogP contribution in [0.3, 0.4) is 0 Å². The molecule has 0 aliphatic carbocycles. The van der Waals surface area contributed by atoms with Gasteiger partial charge in [0.15, 0.2) is 16.1 Å². The SMILES string of the molecule is C=C1C[C@H](CCC2OCCO2)OC1CC[C@H](C[C@H](C)C(=C)[C@@H](O)C[C@@H]1O[C@H](C[C@H](C)CC)[C@@H](C)[C@H]1CS(=O)(=O)c1ccccc1)OS(C)(=O)=O. The summed E-state index contributed by atoms with van der Waals surface area (Å²) in [5.41, 5.74) is 1.52. The van der Waals surface area contributed by atoms with Gasteiger partial charge in [0, 0.05) is 18.8 Å².